The first kappa shape index (κ1) is 13.2. The van der Waals surface area contributed by atoms with Gasteiger partial charge in [0.1, 0.15) is 0 Å². The van der Waals surface area contributed by atoms with Gasteiger partial charge >= 0.3 is 5.97 Å². The average molecular weight is 237 g/mol. The normalized spacial score (nSPS) is 13.6. The lowest BCUT2D eigenvalue weighted by atomic mass is 10.0. The molecule has 0 aliphatic rings. The SMILES string of the molecule is CCC(=O)NC(O)(C(=O)OC)c1ccccc1. The fourth-order valence-electron chi connectivity index (χ4n) is 1.36. The summed E-state index contributed by atoms with van der Waals surface area (Å²) in [6.07, 6.45) is 0.159. The van der Waals surface area contributed by atoms with Crippen LogP contribution in [0, 0.1) is 0 Å². The highest BCUT2D eigenvalue weighted by Crippen LogP contribution is 2.19. The van der Waals surface area contributed by atoms with Gasteiger partial charge in [-0.15, -0.1) is 0 Å². The van der Waals surface area contributed by atoms with Gasteiger partial charge in [0.25, 0.3) is 5.72 Å². The van der Waals surface area contributed by atoms with Crippen LogP contribution in [-0.2, 0) is 20.1 Å². The molecule has 1 rings (SSSR count). The monoisotopic (exact) mass is 237 g/mol. The van der Waals surface area contributed by atoms with E-state index in [2.05, 4.69) is 10.1 Å². The Morgan fingerprint density at radius 2 is 1.94 bits per heavy atom. The van der Waals surface area contributed by atoms with Gasteiger partial charge in [-0.2, -0.15) is 0 Å². The van der Waals surface area contributed by atoms with Gasteiger partial charge in [0.05, 0.1) is 7.11 Å². The topological polar surface area (TPSA) is 75.6 Å². The Hall–Kier alpha value is -1.88. The van der Waals surface area contributed by atoms with Crippen LogP contribution in [0.15, 0.2) is 30.3 Å². The van der Waals surface area contributed by atoms with Crippen molar-refractivity contribution in [2.45, 2.75) is 19.1 Å². The van der Waals surface area contributed by atoms with Crippen molar-refractivity contribution in [1.82, 2.24) is 5.32 Å². The van der Waals surface area contributed by atoms with Crippen LogP contribution in [0.25, 0.3) is 0 Å². The fourth-order valence-corrected chi connectivity index (χ4v) is 1.36. The van der Waals surface area contributed by atoms with Crippen LogP contribution < -0.4 is 5.32 Å². The molecule has 0 saturated carbocycles. The molecule has 1 amide bonds. The van der Waals surface area contributed by atoms with Crippen molar-refractivity contribution in [1.29, 1.82) is 0 Å². The van der Waals surface area contributed by atoms with Crippen LogP contribution in [0.3, 0.4) is 0 Å². The highest BCUT2D eigenvalue weighted by molar-refractivity contribution is 5.87. The van der Waals surface area contributed by atoms with Crippen molar-refractivity contribution in [3.8, 4) is 0 Å². The molecular weight excluding hydrogens is 222 g/mol. The summed E-state index contributed by atoms with van der Waals surface area (Å²) in [6, 6.07) is 8.12. The maximum absolute atomic E-state index is 11.6. The number of hydrogen-bond donors (Lipinski definition) is 2. The van der Waals surface area contributed by atoms with Crippen LogP contribution in [0.4, 0.5) is 0 Å². The first-order valence-electron chi connectivity index (χ1n) is 5.22. The second-order valence-electron chi connectivity index (χ2n) is 3.47. The Balaban J connectivity index is 3.11. The van der Waals surface area contributed by atoms with Gasteiger partial charge in [0.15, 0.2) is 0 Å². The van der Waals surface area contributed by atoms with Crippen molar-refractivity contribution < 1.29 is 19.4 Å². The molecule has 17 heavy (non-hydrogen) atoms. The number of ether oxygens (including phenoxy) is 1. The molecular formula is C12H15NO4. The highest BCUT2D eigenvalue weighted by Gasteiger charge is 2.40. The van der Waals surface area contributed by atoms with Gasteiger partial charge in [-0.1, -0.05) is 37.3 Å². The molecule has 5 heteroatoms. The molecule has 1 atom stereocenters. The largest absolute Gasteiger partial charge is 0.465 e. The second kappa shape index (κ2) is 5.45. The first-order chi connectivity index (χ1) is 8.04. The maximum Gasteiger partial charge on any atom is 0.364 e. The van der Waals surface area contributed by atoms with Crippen LogP contribution >= 0.6 is 0 Å². The van der Waals surface area contributed by atoms with E-state index in [1.165, 1.54) is 12.1 Å². The standard InChI is InChI=1S/C12H15NO4/c1-3-10(14)13-12(16,11(15)17-2)9-7-5-4-6-8-9/h4-8,16H,3H2,1-2H3,(H,13,14). The lowest BCUT2D eigenvalue weighted by molar-refractivity contribution is -0.170. The molecule has 0 aliphatic carbocycles. The second-order valence-corrected chi connectivity index (χ2v) is 3.47. The van der Waals surface area contributed by atoms with E-state index in [1.807, 2.05) is 0 Å². The van der Waals surface area contributed by atoms with Crippen molar-refractivity contribution >= 4 is 11.9 Å². The zero-order chi connectivity index (χ0) is 12.9. The summed E-state index contributed by atoms with van der Waals surface area (Å²) in [4.78, 5) is 22.9. The summed E-state index contributed by atoms with van der Waals surface area (Å²) in [5.74, 6) is -1.37. The quantitative estimate of drug-likeness (QED) is 0.591. The number of benzene rings is 1. The zero-order valence-electron chi connectivity index (χ0n) is 9.77. The van der Waals surface area contributed by atoms with Crippen LogP contribution in [-0.4, -0.2) is 24.1 Å². The minimum Gasteiger partial charge on any atom is -0.465 e. The third-order valence-corrected chi connectivity index (χ3v) is 2.31. The molecule has 0 saturated heterocycles. The summed E-state index contributed by atoms with van der Waals surface area (Å²) in [5, 5.41) is 12.5. The van der Waals surface area contributed by atoms with Gasteiger partial charge in [-0.3, -0.25) is 4.79 Å². The van der Waals surface area contributed by atoms with Crippen molar-refractivity contribution in [2.75, 3.05) is 7.11 Å². The summed E-state index contributed by atoms with van der Waals surface area (Å²) in [7, 11) is 1.15. The Kier molecular flexibility index (Phi) is 4.23. The average Bonchev–Trinajstić information content (AvgIpc) is 2.38. The van der Waals surface area contributed by atoms with E-state index in [1.54, 1.807) is 25.1 Å². The molecule has 1 unspecified atom stereocenters. The van der Waals surface area contributed by atoms with E-state index in [0.29, 0.717) is 0 Å². The van der Waals surface area contributed by atoms with Gasteiger partial charge in [-0.25, -0.2) is 4.79 Å². The number of esters is 1. The molecule has 0 heterocycles. The number of nitrogens with one attached hydrogen (secondary N) is 1. The Labute approximate surface area is 99.4 Å². The third kappa shape index (κ3) is 2.82. The Morgan fingerprint density at radius 3 is 2.41 bits per heavy atom. The van der Waals surface area contributed by atoms with E-state index in [0.717, 1.165) is 7.11 Å². The number of methoxy groups -OCH3 is 1. The molecule has 1 aromatic rings. The Bertz CT molecular complexity index is 404. The van der Waals surface area contributed by atoms with E-state index in [-0.39, 0.29) is 12.0 Å². The van der Waals surface area contributed by atoms with Gasteiger partial charge in [0.2, 0.25) is 5.91 Å². The minimum atomic E-state index is -2.14. The minimum absolute atomic E-state index is 0.159. The predicted molar refractivity (Wildman–Crippen MR) is 60.8 cm³/mol. The number of aliphatic hydroxyl groups is 1. The number of rotatable bonds is 4. The molecule has 0 aliphatic heterocycles. The molecule has 0 fully saturated rings. The zero-order valence-corrected chi connectivity index (χ0v) is 9.77. The molecule has 5 nitrogen and oxygen atoms in total. The van der Waals surface area contributed by atoms with Crippen LogP contribution in [0.2, 0.25) is 0 Å². The van der Waals surface area contributed by atoms with E-state index >= 15 is 0 Å². The van der Waals surface area contributed by atoms with Crippen molar-refractivity contribution in [3.63, 3.8) is 0 Å². The van der Waals surface area contributed by atoms with E-state index in [4.69, 9.17) is 0 Å². The van der Waals surface area contributed by atoms with Gasteiger partial charge in [-0.05, 0) is 0 Å². The molecule has 92 valence electrons. The molecule has 0 bridgehead atoms. The van der Waals surface area contributed by atoms with Crippen molar-refractivity contribution in [3.05, 3.63) is 35.9 Å². The number of amides is 1. The molecule has 1 aromatic carbocycles. The first-order valence-corrected chi connectivity index (χ1v) is 5.22. The van der Waals surface area contributed by atoms with Crippen LogP contribution in [0.1, 0.15) is 18.9 Å². The van der Waals surface area contributed by atoms with E-state index in [9.17, 15) is 14.7 Å². The summed E-state index contributed by atoms with van der Waals surface area (Å²) in [5.41, 5.74) is -1.88. The van der Waals surface area contributed by atoms with Gasteiger partial charge in [0, 0.05) is 12.0 Å². The molecule has 0 spiro atoms. The number of carbonyl (C=O) groups is 2. The fraction of sp³-hybridized carbons (Fsp3) is 0.333. The molecule has 0 radical (unpaired) electrons. The summed E-state index contributed by atoms with van der Waals surface area (Å²) < 4.78 is 4.51. The third-order valence-electron chi connectivity index (χ3n) is 2.31. The molecule has 0 aromatic heterocycles. The smallest absolute Gasteiger partial charge is 0.364 e. The predicted octanol–water partition coefficient (Wildman–Crippen LogP) is 0.531. The molecule has 2 N–H and O–H groups in total. The van der Waals surface area contributed by atoms with Gasteiger partial charge < -0.3 is 15.2 Å². The lowest BCUT2D eigenvalue weighted by Crippen LogP contribution is -2.52. The number of hydrogen-bond acceptors (Lipinski definition) is 4. The van der Waals surface area contributed by atoms with Crippen LogP contribution in [0.5, 0.6) is 0 Å². The highest BCUT2D eigenvalue weighted by atomic mass is 16.5. The van der Waals surface area contributed by atoms with E-state index < -0.39 is 17.6 Å². The summed E-state index contributed by atoms with van der Waals surface area (Å²) >= 11 is 0. The van der Waals surface area contributed by atoms with Crippen molar-refractivity contribution in [2.24, 2.45) is 0 Å². The maximum atomic E-state index is 11.6. The lowest BCUT2D eigenvalue weighted by Gasteiger charge is -2.26. The summed E-state index contributed by atoms with van der Waals surface area (Å²) in [6.45, 7) is 1.62. The number of carbonyl (C=O) groups excluding carboxylic acids is 2. The Morgan fingerprint density at radius 1 is 1.35 bits per heavy atom.